The lowest BCUT2D eigenvalue weighted by molar-refractivity contribution is -0.104. The fraction of sp³-hybridized carbons (Fsp3) is 0. The van der Waals surface area contributed by atoms with Gasteiger partial charge in [-0.3, -0.25) is 4.79 Å². The third-order valence-corrected chi connectivity index (χ3v) is 1.44. The van der Waals surface area contributed by atoms with Crippen molar-refractivity contribution in [3.63, 3.8) is 0 Å². The number of carbonyl (C=O) groups is 1. The van der Waals surface area contributed by atoms with E-state index in [0.29, 0.717) is 6.29 Å². The molecular weight excluding hydrogens is 167 g/mol. The number of hydrogen-bond acceptors (Lipinski definition) is 1. The van der Waals surface area contributed by atoms with Crippen molar-refractivity contribution in [2.24, 2.45) is 0 Å². The molecule has 0 amide bonds. The van der Waals surface area contributed by atoms with E-state index in [4.69, 9.17) is 0 Å². The van der Waals surface area contributed by atoms with Crippen LogP contribution in [0.15, 0.2) is 42.5 Å². The van der Waals surface area contributed by atoms with Crippen LogP contribution in [0.1, 0.15) is 5.56 Å². The molecule has 0 fully saturated rings. The monoisotopic (exact) mass is 176 g/mol. The molecule has 0 saturated carbocycles. The number of benzene rings is 1. The van der Waals surface area contributed by atoms with E-state index in [1.54, 1.807) is 30.4 Å². The van der Waals surface area contributed by atoms with Crippen LogP contribution in [0.2, 0.25) is 0 Å². The molecule has 0 spiro atoms. The Morgan fingerprint density at radius 2 is 2.00 bits per heavy atom. The molecule has 0 aliphatic heterocycles. The smallest absolute Gasteiger partial charge is 0.142 e. The van der Waals surface area contributed by atoms with Crippen LogP contribution < -0.4 is 0 Å². The second-order valence-corrected chi connectivity index (χ2v) is 2.44. The molecule has 0 saturated heterocycles. The van der Waals surface area contributed by atoms with Crippen molar-refractivity contribution in [1.82, 2.24) is 0 Å². The molecule has 0 N–H and O–H groups in total. The van der Waals surface area contributed by atoms with E-state index in [1.165, 1.54) is 18.2 Å². The number of aldehydes is 1. The van der Waals surface area contributed by atoms with E-state index < -0.39 is 0 Å². The lowest BCUT2D eigenvalue weighted by Gasteiger charge is -1.90. The van der Waals surface area contributed by atoms with Crippen molar-refractivity contribution in [2.45, 2.75) is 0 Å². The van der Waals surface area contributed by atoms with Crippen molar-refractivity contribution in [3.8, 4) is 0 Å². The minimum absolute atomic E-state index is 0.262. The van der Waals surface area contributed by atoms with Gasteiger partial charge in [-0.05, 0) is 23.8 Å². The normalized spacial score (nSPS) is 11.2. The van der Waals surface area contributed by atoms with Gasteiger partial charge >= 0.3 is 0 Å². The predicted octanol–water partition coefficient (Wildman–Crippen LogP) is 2.59. The molecule has 0 aliphatic rings. The zero-order valence-corrected chi connectivity index (χ0v) is 6.98. The summed E-state index contributed by atoms with van der Waals surface area (Å²) in [5.74, 6) is -0.262. The van der Waals surface area contributed by atoms with Crippen molar-refractivity contribution in [3.05, 3.63) is 53.9 Å². The molecular formula is C11H9FO. The van der Waals surface area contributed by atoms with E-state index in [-0.39, 0.29) is 5.82 Å². The third kappa shape index (κ3) is 3.47. The van der Waals surface area contributed by atoms with Crippen LogP contribution in [0.25, 0.3) is 6.08 Å². The maximum Gasteiger partial charge on any atom is 0.142 e. The molecule has 1 aromatic carbocycles. The molecule has 0 heterocycles. The van der Waals surface area contributed by atoms with Crippen LogP contribution >= 0.6 is 0 Å². The van der Waals surface area contributed by atoms with Gasteiger partial charge in [-0.2, -0.15) is 0 Å². The zero-order valence-electron chi connectivity index (χ0n) is 6.98. The Morgan fingerprint density at radius 1 is 1.15 bits per heavy atom. The number of allylic oxidation sites excluding steroid dienone is 3. The summed E-state index contributed by atoms with van der Waals surface area (Å²) in [6.45, 7) is 0. The van der Waals surface area contributed by atoms with Crippen LogP contribution in [0.5, 0.6) is 0 Å². The Labute approximate surface area is 76.2 Å². The van der Waals surface area contributed by atoms with Crippen molar-refractivity contribution < 1.29 is 9.18 Å². The first-order valence-electron chi connectivity index (χ1n) is 3.87. The minimum Gasteiger partial charge on any atom is -0.299 e. The van der Waals surface area contributed by atoms with Crippen molar-refractivity contribution >= 4 is 12.4 Å². The molecule has 1 aromatic rings. The molecule has 0 radical (unpaired) electrons. The number of hydrogen-bond donors (Lipinski definition) is 0. The first-order valence-corrected chi connectivity index (χ1v) is 3.87. The number of halogens is 1. The van der Waals surface area contributed by atoms with Gasteiger partial charge in [-0.1, -0.05) is 30.4 Å². The second-order valence-electron chi connectivity index (χ2n) is 2.44. The third-order valence-electron chi connectivity index (χ3n) is 1.44. The summed E-state index contributed by atoms with van der Waals surface area (Å²) in [5, 5.41) is 0. The van der Waals surface area contributed by atoms with Gasteiger partial charge in [0.05, 0.1) is 0 Å². The van der Waals surface area contributed by atoms with E-state index in [2.05, 4.69) is 0 Å². The molecule has 1 nitrogen and oxygen atoms in total. The van der Waals surface area contributed by atoms with Gasteiger partial charge in [0.1, 0.15) is 12.1 Å². The second kappa shape index (κ2) is 5.04. The SMILES string of the molecule is O=CC=CC=Cc1cccc(F)c1. The topological polar surface area (TPSA) is 17.1 Å². The average Bonchev–Trinajstić information content (AvgIpc) is 2.13. The molecule has 1 rings (SSSR count). The van der Waals surface area contributed by atoms with E-state index >= 15 is 0 Å². The average molecular weight is 176 g/mol. The maximum atomic E-state index is 12.6. The summed E-state index contributed by atoms with van der Waals surface area (Å²) >= 11 is 0. The minimum atomic E-state index is -0.262. The Kier molecular flexibility index (Phi) is 3.64. The standard InChI is InChI=1S/C11H9FO/c12-11-7-4-6-10(9-11)5-2-1-3-8-13/h1-9H. The molecule has 0 aliphatic carbocycles. The first kappa shape index (κ1) is 9.39. The maximum absolute atomic E-state index is 12.6. The fourth-order valence-electron chi connectivity index (χ4n) is 0.886. The molecule has 0 bridgehead atoms. The Balaban J connectivity index is 2.68. The van der Waals surface area contributed by atoms with Gasteiger partial charge in [0, 0.05) is 0 Å². The fourth-order valence-corrected chi connectivity index (χ4v) is 0.886. The van der Waals surface area contributed by atoms with Crippen LogP contribution in [-0.2, 0) is 4.79 Å². The first-order chi connectivity index (χ1) is 6.33. The zero-order chi connectivity index (χ0) is 9.52. The van der Waals surface area contributed by atoms with Gasteiger partial charge in [-0.15, -0.1) is 0 Å². The summed E-state index contributed by atoms with van der Waals surface area (Å²) < 4.78 is 12.6. The van der Waals surface area contributed by atoms with Crippen molar-refractivity contribution in [2.75, 3.05) is 0 Å². The van der Waals surface area contributed by atoms with Gasteiger partial charge in [-0.25, -0.2) is 4.39 Å². The van der Waals surface area contributed by atoms with Gasteiger partial charge < -0.3 is 0 Å². The highest BCUT2D eigenvalue weighted by Gasteiger charge is 1.88. The summed E-state index contributed by atoms with van der Waals surface area (Å²) in [6, 6.07) is 6.23. The Hall–Kier alpha value is -1.70. The highest BCUT2D eigenvalue weighted by molar-refractivity contribution is 5.66. The quantitative estimate of drug-likeness (QED) is 0.393. The number of carbonyl (C=O) groups excluding carboxylic acids is 1. The summed E-state index contributed by atoms with van der Waals surface area (Å²) in [4.78, 5) is 9.89. The molecule has 2 heteroatoms. The Bertz CT molecular complexity index is 340. The Morgan fingerprint density at radius 3 is 2.69 bits per heavy atom. The van der Waals surface area contributed by atoms with E-state index in [9.17, 15) is 9.18 Å². The van der Waals surface area contributed by atoms with Crippen LogP contribution in [0.4, 0.5) is 4.39 Å². The summed E-state index contributed by atoms with van der Waals surface area (Å²) in [5.41, 5.74) is 0.774. The molecule has 0 unspecified atom stereocenters. The van der Waals surface area contributed by atoms with E-state index in [1.807, 2.05) is 0 Å². The highest BCUT2D eigenvalue weighted by atomic mass is 19.1. The van der Waals surface area contributed by atoms with Gasteiger partial charge in [0.2, 0.25) is 0 Å². The summed E-state index contributed by atoms with van der Waals surface area (Å²) in [6.07, 6.45) is 7.07. The van der Waals surface area contributed by atoms with Gasteiger partial charge in [0.25, 0.3) is 0 Å². The lowest BCUT2D eigenvalue weighted by atomic mass is 10.2. The van der Waals surface area contributed by atoms with Gasteiger partial charge in [0.15, 0.2) is 0 Å². The molecule has 66 valence electrons. The van der Waals surface area contributed by atoms with Crippen LogP contribution in [-0.4, -0.2) is 6.29 Å². The molecule has 0 aromatic heterocycles. The van der Waals surface area contributed by atoms with Crippen LogP contribution in [0, 0.1) is 5.82 Å². The lowest BCUT2D eigenvalue weighted by Crippen LogP contribution is -1.74. The van der Waals surface area contributed by atoms with E-state index in [0.717, 1.165) is 5.56 Å². The van der Waals surface area contributed by atoms with Crippen molar-refractivity contribution in [1.29, 1.82) is 0 Å². The summed E-state index contributed by atoms with van der Waals surface area (Å²) in [7, 11) is 0. The number of rotatable bonds is 3. The highest BCUT2D eigenvalue weighted by Crippen LogP contribution is 2.04. The molecule has 13 heavy (non-hydrogen) atoms. The largest absolute Gasteiger partial charge is 0.299 e. The molecule has 0 atom stereocenters. The predicted molar refractivity (Wildman–Crippen MR) is 50.6 cm³/mol. The van der Waals surface area contributed by atoms with Crippen LogP contribution in [0.3, 0.4) is 0 Å².